The minimum Gasteiger partial charge on any atom is -0.322 e. The first kappa shape index (κ1) is 22.3. The third kappa shape index (κ3) is 5.40. The standard InChI is InChI=1S/C23H23IN2O3S/c1-16-6-4-5-7-19(16)15-26(30(3,28)29)21-11-8-18(9-12-21)23(27)25-22-13-10-20(24)14-17(22)2/h4-14H,15H2,1-3H3,(H,25,27). The second-order valence-corrected chi connectivity index (χ2v) is 10.3. The molecule has 0 aromatic heterocycles. The minimum absolute atomic E-state index is 0.235. The number of hydrogen-bond donors (Lipinski definition) is 1. The Labute approximate surface area is 191 Å². The van der Waals surface area contributed by atoms with Crippen molar-refractivity contribution in [3.63, 3.8) is 0 Å². The van der Waals surface area contributed by atoms with Crippen LogP contribution in [0.1, 0.15) is 27.0 Å². The quantitative estimate of drug-likeness (QED) is 0.447. The molecule has 0 bridgehead atoms. The molecule has 30 heavy (non-hydrogen) atoms. The Hall–Kier alpha value is -2.39. The molecule has 3 aromatic carbocycles. The summed E-state index contributed by atoms with van der Waals surface area (Å²) in [4.78, 5) is 12.6. The summed E-state index contributed by atoms with van der Waals surface area (Å²) in [6, 6.07) is 20.1. The average molecular weight is 534 g/mol. The van der Waals surface area contributed by atoms with E-state index in [0.717, 1.165) is 25.9 Å². The molecule has 0 heterocycles. The van der Waals surface area contributed by atoms with Crippen molar-refractivity contribution in [2.75, 3.05) is 15.9 Å². The predicted octanol–water partition coefficient (Wildman–Crippen LogP) is 5.13. The lowest BCUT2D eigenvalue weighted by atomic mass is 10.1. The Morgan fingerprint density at radius 2 is 1.63 bits per heavy atom. The molecule has 0 aliphatic rings. The fourth-order valence-corrected chi connectivity index (χ4v) is 4.61. The molecule has 1 N–H and O–H groups in total. The molecule has 7 heteroatoms. The molecule has 156 valence electrons. The molecule has 0 atom stereocenters. The number of nitrogens with zero attached hydrogens (tertiary/aromatic N) is 1. The fourth-order valence-electron chi connectivity index (χ4n) is 3.08. The van der Waals surface area contributed by atoms with Crippen LogP contribution in [0.2, 0.25) is 0 Å². The summed E-state index contributed by atoms with van der Waals surface area (Å²) in [6.45, 7) is 4.13. The Bertz CT molecular complexity index is 1180. The smallest absolute Gasteiger partial charge is 0.255 e. The van der Waals surface area contributed by atoms with Crippen LogP contribution in [-0.2, 0) is 16.6 Å². The maximum atomic E-state index is 12.6. The SMILES string of the molecule is Cc1ccccc1CN(c1ccc(C(=O)Nc2ccc(I)cc2C)cc1)S(C)(=O)=O. The molecular weight excluding hydrogens is 511 g/mol. The van der Waals surface area contributed by atoms with Crippen LogP contribution in [0.15, 0.2) is 66.7 Å². The van der Waals surface area contributed by atoms with E-state index in [9.17, 15) is 13.2 Å². The lowest BCUT2D eigenvalue weighted by Gasteiger charge is -2.23. The van der Waals surface area contributed by atoms with Crippen LogP contribution in [0.25, 0.3) is 0 Å². The van der Waals surface area contributed by atoms with E-state index >= 15 is 0 Å². The number of anilines is 2. The highest BCUT2D eigenvalue weighted by molar-refractivity contribution is 14.1. The van der Waals surface area contributed by atoms with E-state index in [4.69, 9.17) is 0 Å². The van der Waals surface area contributed by atoms with Crippen molar-refractivity contribution in [2.24, 2.45) is 0 Å². The van der Waals surface area contributed by atoms with Gasteiger partial charge in [0.25, 0.3) is 5.91 Å². The van der Waals surface area contributed by atoms with Crippen molar-refractivity contribution in [1.29, 1.82) is 0 Å². The molecule has 0 radical (unpaired) electrons. The van der Waals surface area contributed by atoms with Gasteiger partial charge in [-0.05, 0) is 95.6 Å². The molecule has 0 aliphatic carbocycles. The molecule has 0 unspecified atom stereocenters. The summed E-state index contributed by atoms with van der Waals surface area (Å²) in [7, 11) is -3.49. The summed E-state index contributed by atoms with van der Waals surface area (Å²) < 4.78 is 27.3. The molecule has 5 nitrogen and oxygen atoms in total. The molecule has 3 aromatic rings. The van der Waals surface area contributed by atoms with E-state index in [2.05, 4.69) is 27.9 Å². The van der Waals surface area contributed by atoms with Gasteiger partial charge in [-0.2, -0.15) is 0 Å². The zero-order valence-corrected chi connectivity index (χ0v) is 20.0. The number of benzene rings is 3. The second-order valence-electron chi connectivity index (χ2n) is 7.16. The highest BCUT2D eigenvalue weighted by Gasteiger charge is 2.19. The van der Waals surface area contributed by atoms with Gasteiger partial charge in [0.15, 0.2) is 0 Å². The molecular formula is C23H23IN2O3S. The van der Waals surface area contributed by atoms with E-state index in [1.165, 1.54) is 10.6 Å². The summed E-state index contributed by atoms with van der Waals surface area (Å²) in [5.74, 6) is -0.240. The van der Waals surface area contributed by atoms with Gasteiger partial charge >= 0.3 is 0 Å². The average Bonchev–Trinajstić information content (AvgIpc) is 2.68. The van der Waals surface area contributed by atoms with E-state index in [0.29, 0.717) is 11.3 Å². The Balaban J connectivity index is 1.83. The first-order valence-electron chi connectivity index (χ1n) is 9.35. The number of carbonyl (C=O) groups is 1. The number of amides is 1. The second kappa shape index (κ2) is 9.18. The van der Waals surface area contributed by atoms with Gasteiger partial charge in [0.2, 0.25) is 10.0 Å². The number of nitrogens with one attached hydrogen (secondary N) is 1. The topological polar surface area (TPSA) is 66.5 Å². The number of rotatable bonds is 6. The van der Waals surface area contributed by atoms with Gasteiger partial charge in [-0.3, -0.25) is 9.10 Å². The van der Waals surface area contributed by atoms with Crippen molar-refractivity contribution in [1.82, 2.24) is 0 Å². The van der Waals surface area contributed by atoms with Crippen LogP contribution in [0, 0.1) is 17.4 Å². The molecule has 0 fully saturated rings. The molecule has 0 saturated carbocycles. The Morgan fingerprint density at radius 1 is 0.967 bits per heavy atom. The van der Waals surface area contributed by atoms with Crippen LogP contribution in [-0.4, -0.2) is 20.6 Å². The largest absolute Gasteiger partial charge is 0.322 e. The van der Waals surface area contributed by atoms with E-state index < -0.39 is 10.0 Å². The van der Waals surface area contributed by atoms with Crippen molar-refractivity contribution >= 4 is 49.9 Å². The van der Waals surface area contributed by atoms with Crippen molar-refractivity contribution in [2.45, 2.75) is 20.4 Å². The molecule has 0 spiro atoms. The van der Waals surface area contributed by atoms with Gasteiger partial charge in [-0.1, -0.05) is 24.3 Å². The number of aryl methyl sites for hydroxylation is 2. The van der Waals surface area contributed by atoms with Crippen LogP contribution < -0.4 is 9.62 Å². The maximum absolute atomic E-state index is 12.6. The zero-order chi connectivity index (χ0) is 21.9. The lowest BCUT2D eigenvalue weighted by Crippen LogP contribution is -2.29. The Kier molecular flexibility index (Phi) is 6.82. The van der Waals surface area contributed by atoms with Crippen LogP contribution in [0.5, 0.6) is 0 Å². The summed E-state index contributed by atoms with van der Waals surface area (Å²) in [6.07, 6.45) is 1.19. The van der Waals surface area contributed by atoms with E-state index in [-0.39, 0.29) is 12.5 Å². The van der Waals surface area contributed by atoms with E-state index in [1.54, 1.807) is 24.3 Å². The molecule has 1 amide bonds. The normalized spacial score (nSPS) is 11.2. The first-order chi connectivity index (χ1) is 14.1. The maximum Gasteiger partial charge on any atom is 0.255 e. The van der Waals surface area contributed by atoms with Gasteiger partial charge in [-0.15, -0.1) is 0 Å². The summed E-state index contributed by atoms with van der Waals surface area (Å²) in [5, 5.41) is 2.91. The number of hydrogen-bond acceptors (Lipinski definition) is 3. The van der Waals surface area contributed by atoms with Gasteiger partial charge in [-0.25, -0.2) is 8.42 Å². The molecule has 3 rings (SSSR count). The van der Waals surface area contributed by atoms with Crippen LogP contribution >= 0.6 is 22.6 Å². The van der Waals surface area contributed by atoms with Gasteiger partial charge < -0.3 is 5.32 Å². The lowest BCUT2D eigenvalue weighted by molar-refractivity contribution is 0.102. The number of sulfonamides is 1. The highest BCUT2D eigenvalue weighted by Crippen LogP contribution is 2.23. The number of halogens is 1. The third-order valence-corrected chi connectivity index (χ3v) is 6.64. The van der Waals surface area contributed by atoms with Crippen LogP contribution in [0.4, 0.5) is 11.4 Å². The number of carbonyl (C=O) groups excluding carboxylic acids is 1. The third-order valence-electron chi connectivity index (χ3n) is 4.83. The van der Waals surface area contributed by atoms with Gasteiger partial charge in [0.1, 0.15) is 0 Å². The van der Waals surface area contributed by atoms with Gasteiger partial charge in [0, 0.05) is 14.8 Å². The fraction of sp³-hybridized carbons (Fsp3) is 0.174. The minimum atomic E-state index is -3.49. The van der Waals surface area contributed by atoms with Gasteiger partial charge in [0.05, 0.1) is 18.5 Å². The zero-order valence-electron chi connectivity index (χ0n) is 17.0. The first-order valence-corrected chi connectivity index (χ1v) is 12.3. The molecule has 0 saturated heterocycles. The summed E-state index contributed by atoms with van der Waals surface area (Å²) >= 11 is 2.23. The van der Waals surface area contributed by atoms with Crippen molar-refractivity contribution < 1.29 is 13.2 Å². The highest BCUT2D eigenvalue weighted by atomic mass is 127. The summed E-state index contributed by atoms with van der Waals surface area (Å²) in [5.41, 5.74) is 4.66. The molecule has 0 aliphatic heterocycles. The monoisotopic (exact) mass is 534 g/mol. The van der Waals surface area contributed by atoms with Crippen molar-refractivity contribution in [3.05, 3.63) is 92.6 Å². The van der Waals surface area contributed by atoms with Crippen LogP contribution in [0.3, 0.4) is 0 Å². The van der Waals surface area contributed by atoms with Crippen molar-refractivity contribution in [3.8, 4) is 0 Å². The van der Waals surface area contributed by atoms with E-state index in [1.807, 2.05) is 56.3 Å². The predicted molar refractivity (Wildman–Crippen MR) is 130 cm³/mol. The Morgan fingerprint density at radius 3 is 2.23 bits per heavy atom.